The maximum Gasteiger partial charge on any atom is 0.323 e. The molecule has 7 heteroatoms. The number of anilines is 2. The van der Waals surface area contributed by atoms with E-state index in [1.165, 1.54) is 17.4 Å². The van der Waals surface area contributed by atoms with E-state index in [4.69, 9.17) is 0 Å². The molecule has 0 aliphatic heterocycles. The van der Waals surface area contributed by atoms with Gasteiger partial charge in [0.1, 0.15) is 16.5 Å². The lowest BCUT2D eigenvalue weighted by Crippen LogP contribution is -2.20. The normalized spacial score (nSPS) is 10.8. The summed E-state index contributed by atoms with van der Waals surface area (Å²) in [5, 5.41) is 8.01. The van der Waals surface area contributed by atoms with Crippen molar-refractivity contribution in [1.29, 1.82) is 0 Å². The summed E-state index contributed by atoms with van der Waals surface area (Å²) < 4.78 is 26.9. The van der Waals surface area contributed by atoms with Gasteiger partial charge in [-0.1, -0.05) is 24.3 Å². The molecule has 4 aromatic rings. The fourth-order valence-corrected chi connectivity index (χ4v) is 3.77. The number of pyridine rings is 1. The molecule has 2 amide bonds. The van der Waals surface area contributed by atoms with Crippen LogP contribution >= 0.6 is 11.3 Å². The first-order chi connectivity index (χ1) is 13.5. The third-order valence-electron chi connectivity index (χ3n) is 4.34. The highest BCUT2D eigenvalue weighted by atomic mass is 32.1. The summed E-state index contributed by atoms with van der Waals surface area (Å²) in [6, 6.07) is 12.1. The number of carbonyl (C=O) groups excluding carboxylic acids is 1. The average Bonchev–Trinajstić information content (AvgIpc) is 3.13. The molecule has 28 heavy (non-hydrogen) atoms. The maximum atomic E-state index is 13.8. The molecule has 0 saturated carbocycles. The second kappa shape index (κ2) is 7.36. The number of thiophene rings is 1. The Kier molecular flexibility index (Phi) is 4.75. The van der Waals surface area contributed by atoms with Crippen LogP contribution in [0.5, 0.6) is 0 Å². The topological polar surface area (TPSA) is 54.0 Å². The summed E-state index contributed by atoms with van der Waals surface area (Å²) >= 11 is 1.51. The van der Waals surface area contributed by atoms with Crippen molar-refractivity contribution in [2.45, 2.75) is 6.92 Å². The standard InChI is InChI=1S/C21H15F2N3OS/c1-12-4-2-3-5-14(12)19-15-8-9-28-20(15)24-11-18(19)26-21(27)25-17-7-6-13(22)10-16(17)23/h2-11H,1H3,(H2,25,26,27). The average molecular weight is 395 g/mol. The number of halogens is 2. The zero-order valence-electron chi connectivity index (χ0n) is 14.8. The minimum Gasteiger partial charge on any atom is -0.306 e. The molecule has 4 rings (SSSR count). The molecule has 0 saturated heterocycles. The summed E-state index contributed by atoms with van der Waals surface area (Å²) in [7, 11) is 0. The minimum absolute atomic E-state index is 0.110. The van der Waals surface area contributed by atoms with E-state index in [0.717, 1.165) is 33.0 Å². The number of aromatic nitrogens is 1. The summed E-state index contributed by atoms with van der Waals surface area (Å²) in [4.78, 5) is 17.7. The van der Waals surface area contributed by atoms with E-state index >= 15 is 0 Å². The van der Waals surface area contributed by atoms with Gasteiger partial charge in [-0.2, -0.15) is 0 Å². The molecule has 2 heterocycles. The molecular weight excluding hydrogens is 380 g/mol. The van der Waals surface area contributed by atoms with Crippen molar-refractivity contribution in [3.8, 4) is 11.1 Å². The van der Waals surface area contributed by atoms with Crippen molar-refractivity contribution in [2.75, 3.05) is 10.6 Å². The van der Waals surface area contributed by atoms with E-state index in [1.807, 2.05) is 42.6 Å². The Morgan fingerprint density at radius 2 is 1.82 bits per heavy atom. The molecule has 2 aromatic heterocycles. The molecule has 0 radical (unpaired) electrons. The molecule has 2 N–H and O–H groups in total. The summed E-state index contributed by atoms with van der Waals surface area (Å²) in [6.45, 7) is 1.99. The third kappa shape index (κ3) is 3.44. The number of carbonyl (C=O) groups is 1. The largest absolute Gasteiger partial charge is 0.323 e. The van der Waals surface area contributed by atoms with Crippen molar-refractivity contribution in [3.63, 3.8) is 0 Å². The molecule has 0 spiro atoms. The lowest BCUT2D eigenvalue weighted by Gasteiger charge is -2.15. The van der Waals surface area contributed by atoms with E-state index in [0.29, 0.717) is 11.8 Å². The van der Waals surface area contributed by atoms with Crippen LogP contribution in [0.15, 0.2) is 60.1 Å². The first-order valence-electron chi connectivity index (χ1n) is 8.48. The molecule has 4 nitrogen and oxygen atoms in total. The fourth-order valence-electron chi connectivity index (χ4n) is 3.03. The van der Waals surface area contributed by atoms with Gasteiger partial charge in [0.25, 0.3) is 0 Å². The van der Waals surface area contributed by atoms with Gasteiger partial charge in [-0.25, -0.2) is 18.6 Å². The zero-order chi connectivity index (χ0) is 19.7. The highest BCUT2D eigenvalue weighted by molar-refractivity contribution is 7.16. The third-order valence-corrected chi connectivity index (χ3v) is 5.16. The monoisotopic (exact) mass is 395 g/mol. The highest BCUT2D eigenvalue weighted by Crippen LogP contribution is 2.38. The molecule has 0 atom stereocenters. The number of amides is 2. The van der Waals surface area contributed by atoms with Crippen LogP contribution in [-0.4, -0.2) is 11.0 Å². The van der Waals surface area contributed by atoms with Gasteiger partial charge in [0.15, 0.2) is 0 Å². The second-order valence-corrected chi connectivity index (χ2v) is 7.10. The van der Waals surface area contributed by atoms with Gasteiger partial charge in [0, 0.05) is 17.0 Å². The van der Waals surface area contributed by atoms with Gasteiger partial charge in [-0.3, -0.25) is 0 Å². The number of hydrogen-bond donors (Lipinski definition) is 2. The highest BCUT2D eigenvalue weighted by Gasteiger charge is 2.16. The van der Waals surface area contributed by atoms with Crippen molar-refractivity contribution in [2.24, 2.45) is 0 Å². The number of fused-ring (bicyclic) bond motifs is 1. The quantitative estimate of drug-likeness (QED) is 0.434. The molecule has 0 unspecified atom stereocenters. The maximum absolute atomic E-state index is 13.8. The van der Waals surface area contributed by atoms with Gasteiger partial charge in [0.05, 0.1) is 17.6 Å². The molecular formula is C21H15F2N3OS. The molecule has 140 valence electrons. The van der Waals surface area contributed by atoms with E-state index in [1.54, 1.807) is 6.20 Å². The predicted molar refractivity (Wildman–Crippen MR) is 109 cm³/mol. The van der Waals surface area contributed by atoms with Gasteiger partial charge in [-0.15, -0.1) is 11.3 Å². The van der Waals surface area contributed by atoms with Crippen LogP contribution in [0.3, 0.4) is 0 Å². The number of nitrogens with one attached hydrogen (secondary N) is 2. The summed E-state index contributed by atoms with van der Waals surface area (Å²) in [5.74, 6) is -1.56. The van der Waals surface area contributed by atoms with E-state index in [9.17, 15) is 13.6 Å². The Hall–Kier alpha value is -3.32. The fraction of sp³-hybridized carbons (Fsp3) is 0.0476. The van der Waals surface area contributed by atoms with Crippen LogP contribution in [0.4, 0.5) is 25.0 Å². The molecule has 0 aliphatic rings. The Morgan fingerprint density at radius 1 is 1.04 bits per heavy atom. The van der Waals surface area contributed by atoms with Gasteiger partial charge in [0.2, 0.25) is 0 Å². The number of benzene rings is 2. The molecule has 0 bridgehead atoms. The van der Waals surface area contributed by atoms with E-state index in [2.05, 4.69) is 15.6 Å². The van der Waals surface area contributed by atoms with E-state index in [-0.39, 0.29) is 5.69 Å². The summed E-state index contributed by atoms with van der Waals surface area (Å²) in [6.07, 6.45) is 1.58. The summed E-state index contributed by atoms with van der Waals surface area (Å²) in [5.41, 5.74) is 3.26. The van der Waals surface area contributed by atoms with Crippen LogP contribution in [0.25, 0.3) is 21.3 Å². The van der Waals surface area contributed by atoms with Gasteiger partial charge >= 0.3 is 6.03 Å². The zero-order valence-corrected chi connectivity index (χ0v) is 15.6. The number of urea groups is 1. The second-order valence-electron chi connectivity index (χ2n) is 6.20. The molecule has 2 aromatic carbocycles. The van der Waals surface area contributed by atoms with E-state index < -0.39 is 17.7 Å². The Bertz CT molecular complexity index is 1190. The molecule has 0 aliphatic carbocycles. The molecule has 0 fully saturated rings. The lowest BCUT2D eigenvalue weighted by atomic mass is 9.98. The van der Waals surface area contributed by atoms with Crippen molar-refractivity contribution >= 4 is 39.0 Å². The van der Waals surface area contributed by atoms with Crippen molar-refractivity contribution in [3.05, 3.63) is 77.3 Å². The van der Waals surface area contributed by atoms with Gasteiger partial charge < -0.3 is 10.6 Å². The lowest BCUT2D eigenvalue weighted by molar-refractivity contribution is 0.262. The first-order valence-corrected chi connectivity index (χ1v) is 9.36. The predicted octanol–water partition coefficient (Wildman–Crippen LogP) is 6.19. The van der Waals surface area contributed by atoms with Crippen LogP contribution in [0.1, 0.15) is 5.56 Å². The number of aryl methyl sites for hydroxylation is 1. The van der Waals surface area contributed by atoms with Gasteiger partial charge in [-0.05, 0) is 41.6 Å². The van der Waals surface area contributed by atoms with Crippen LogP contribution in [0, 0.1) is 18.6 Å². The number of hydrogen-bond acceptors (Lipinski definition) is 3. The SMILES string of the molecule is Cc1ccccc1-c1c(NC(=O)Nc2ccc(F)cc2F)cnc2sccc12. The number of nitrogens with zero attached hydrogens (tertiary/aromatic N) is 1. The van der Waals surface area contributed by atoms with Crippen molar-refractivity contribution in [1.82, 2.24) is 4.98 Å². The first kappa shape index (κ1) is 18.1. The Morgan fingerprint density at radius 3 is 2.61 bits per heavy atom. The smallest absolute Gasteiger partial charge is 0.306 e. The minimum atomic E-state index is -0.847. The Balaban J connectivity index is 1.72. The van der Waals surface area contributed by atoms with Crippen LogP contribution in [-0.2, 0) is 0 Å². The number of rotatable bonds is 3. The Labute approximate surface area is 163 Å². The van der Waals surface area contributed by atoms with Crippen molar-refractivity contribution < 1.29 is 13.6 Å². The van der Waals surface area contributed by atoms with Crippen LogP contribution < -0.4 is 10.6 Å². The van der Waals surface area contributed by atoms with Crippen LogP contribution in [0.2, 0.25) is 0 Å².